The Morgan fingerprint density at radius 2 is 1.45 bits per heavy atom. The summed E-state index contributed by atoms with van der Waals surface area (Å²) in [7, 11) is 0.529. The van der Waals surface area contributed by atoms with Gasteiger partial charge in [0.05, 0.1) is 39.8 Å². The Morgan fingerprint density at radius 1 is 0.845 bits per heavy atom. The first kappa shape index (κ1) is 40.4. The number of nitrogens with zero attached hydrogens (tertiary/aromatic N) is 7. The zero-order valence-corrected chi connectivity index (χ0v) is 34.7. The highest BCUT2D eigenvalue weighted by Crippen LogP contribution is 2.45. The van der Waals surface area contributed by atoms with Gasteiger partial charge in [-0.1, -0.05) is 112 Å². The zero-order valence-electron chi connectivity index (χ0n) is 33.7. The molecule has 3 heterocycles. The molecule has 0 amide bonds. The van der Waals surface area contributed by atoms with E-state index in [9.17, 15) is 0 Å². The fourth-order valence-corrected chi connectivity index (χ4v) is 13.2. The number of ether oxygens (including phenoxy) is 4. The first-order valence-electron chi connectivity index (χ1n) is 19.5. The molecule has 1 saturated heterocycles. The van der Waals surface area contributed by atoms with Gasteiger partial charge in [-0.05, 0) is 68.3 Å². The minimum absolute atomic E-state index is 0.170. The van der Waals surface area contributed by atoms with Crippen molar-refractivity contribution in [3.63, 3.8) is 0 Å². The lowest BCUT2D eigenvalue weighted by molar-refractivity contribution is -0.0913. The van der Waals surface area contributed by atoms with Crippen molar-refractivity contribution in [3.05, 3.63) is 148 Å². The molecule has 2 aromatic heterocycles. The lowest BCUT2D eigenvalue weighted by atomic mass is 9.80. The summed E-state index contributed by atoms with van der Waals surface area (Å²) in [5, 5.41) is 4.93. The van der Waals surface area contributed by atoms with E-state index in [2.05, 4.69) is 76.9 Å². The molecule has 3 atom stereocenters. The number of methoxy groups -OCH3 is 2. The van der Waals surface area contributed by atoms with E-state index in [1.54, 1.807) is 20.5 Å². The van der Waals surface area contributed by atoms with Crippen molar-refractivity contribution in [1.29, 1.82) is 0 Å². The average molecular weight is 799 g/mol. The molecular weight excluding hydrogens is 749 g/mol. The van der Waals surface area contributed by atoms with Crippen LogP contribution < -0.4 is 20.4 Å². The van der Waals surface area contributed by atoms with Crippen molar-refractivity contribution in [2.24, 2.45) is 5.11 Å². The first-order chi connectivity index (χ1) is 28.1. The summed E-state index contributed by atoms with van der Waals surface area (Å²) in [5.74, 6) is 1.78. The van der Waals surface area contributed by atoms with Crippen molar-refractivity contribution < 1.29 is 23.4 Å². The van der Waals surface area contributed by atoms with Crippen molar-refractivity contribution in [3.8, 4) is 11.5 Å². The second kappa shape index (κ2) is 17.4. The smallest absolute Gasteiger partial charge is 0.229 e. The summed E-state index contributed by atoms with van der Waals surface area (Å²) in [6.07, 6.45) is 2.27. The van der Waals surface area contributed by atoms with Crippen LogP contribution in [0.5, 0.6) is 11.5 Å². The van der Waals surface area contributed by atoms with Gasteiger partial charge in [-0.2, -0.15) is 0 Å². The van der Waals surface area contributed by atoms with Crippen LogP contribution in [0.3, 0.4) is 0 Å². The predicted molar refractivity (Wildman–Crippen MR) is 226 cm³/mol. The fraction of sp³-hybridized carbons (Fsp3) is 0.341. The molecule has 14 heteroatoms. The van der Waals surface area contributed by atoms with E-state index in [-0.39, 0.29) is 30.3 Å². The highest BCUT2D eigenvalue weighted by molar-refractivity contribution is 6.88. The lowest BCUT2D eigenvalue weighted by Crippen LogP contribution is -2.59. The maximum absolute atomic E-state index is 8.93. The summed E-state index contributed by atoms with van der Waals surface area (Å²) in [6, 6.07) is 34.6. The summed E-state index contributed by atoms with van der Waals surface area (Å²) in [4.78, 5) is 16.2. The molecule has 4 aromatic carbocycles. The molecule has 0 unspecified atom stereocenters. The van der Waals surface area contributed by atoms with E-state index in [1.165, 1.54) is 6.33 Å². The Bertz CT molecular complexity index is 2280. The molecule has 58 heavy (non-hydrogen) atoms. The van der Waals surface area contributed by atoms with Gasteiger partial charge in [-0.3, -0.25) is 4.57 Å². The molecule has 0 radical (unpaired) electrons. The molecule has 1 aliphatic heterocycles. The quantitative estimate of drug-likeness (QED) is 0.0332. The minimum atomic E-state index is -2.79. The van der Waals surface area contributed by atoms with Crippen LogP contribution in [0.25, 0.3) is 21.6 Å². The number of aromatic nitrogens is 4. The van der Waals surface area contributed by atoms with Crippen molar-refractivity contribution in [1.82, 2.24) is 19.5 Å². The molecule has 0 bridgehead atoms. The third-order valence-corrected chi connectivity index (χ3v) is 16.7. The van der Waals surface area contributed by atoms with Gasteiger partial charge in [-0.25, -0.2) is 15.0 Å². The zero-order chi connectivity index (χ0) is 40.9. The molecule has 0 aliphatic carbocycles. The maximum atomic E-state index is 8.93. The van der Waals surface area contributed by atoms with Crippen molar-refractivity contribution in [2.75, 3.05) is 26.6 Å². The Hall–Kier alpha value is -5.76. The predicted octanol–water partition coefficient (Wildman–Crippen LogP) is 8.59. The van der Waals surface area contributed by atoms with E-state index >= 15 is 0 Å². The Morgan fingerprint density at radius 3 is 2.02 bits per heavy atom. The average Bonchev–Trinajstić information content (AvgIpc) is 3.87. The minimum Gasteiger partial charge on any atom is -0.497 e. The summed E-state index contributed by atoms with van der Waals surface area (Å²) < 4.78 is 35.2. The number of imidazole rings is 1. The largest absolute Gasteiger partial charge is 0.497 e. The standard InChI is InChI=1S/C44H50N8O5Si/c1-29(2)58(30(3)4,37-22-12-31(13-23-37)25-50-51-46)57-38-24-40(52-28-49-41-42(45)47-27-48-43(41)52)56-39(38)26-55-44(32-10-8-7-9-11-32,33-14-18-35(53-5)19-15-33)34-16-20-36(54-6)21-17-34/h7-23,27-30,38-40H,24-26H2,1-6H3,(H2,45,47,48)/t38-,39+,40+/m0/s1. The molecule has 6 aromatic rings. The van der Waals surface area contributed by atoms with Crippen LogP contribution >= 0.6 is 0 Å². The van der Waals surface area contributed by atoms with E-state index < -0.39 is 26.3 Å². The topological polar surface area (TPSA) is 165 Å². The number of anilines is 1. The molecule has 300 valence electrons. The number of azide groups is 1. The van der Waals surface area contributed by atoms with Crippen LogP contribution in [0.2, 0.25) is 11.1 Å². The van der Waals surface area contributed by atoms with E-state index in [0.29, 0.717) is 23.4 Å². The monoisotopic (exact) mass is 798 g/mol. The van der Waals surface area contributed by atoms with Gasteiger partial charge >= 0.3 is 0 Å². The van der Waals surface area contributed by atoms with Crippen LogP contribution in [0.1, 0.15) is 62.6 Å². The van der Waals surface area contributed by atoms with E-state index in [0.717, 1.165) is 38.9 Å². The molecule has 7 rings (SSSR count). The summed E-state index contributed by atoms with van der Waals surface area (Å²) in [5.41, 5.74) is 19.3. The molecule has 0 saturated carbocycles. The molecule has 1 fully saturated rings. The maximum Gasteiger partial charge on any atom is 0.229 e. The molecular formula is C44H50N8O5Si. The van der Waals surface area contributed by atoms with Crippen LogP contribution in [0, 0.1) is 0 Å². The molecule has 1 aliphatic rings. The van der Waals surface area contributed by atoms with Gasteiger partial charge in [0.25, 0.3) is 0 Å². The second-order valence-corrected chi connectivity index (χ2v) is 19.8. The highest BCUT2D eigenvalue weighted by atomic mass is 28.4. The van der Waals surface area contributed by atoms with Crippen LogP contribution in [0.15, 0.2) is 121 Å². The first-order valence-corrected chi connectivity index (χ1v) is 21.6. The lowest BCUT2D eigenvalue weighted by Gasteiger charge is -2.42. The molecule has 0 spiro atoms. The number of hydrogen-bond acceptors (Lipinski definition) is 10. The third-order valence-electron chi connectivity index (χ3n) is 11.3. The van der Waals surface area contributed by atoms with Crippen molar-refractivity contribution >= 4 is 30.5 Å². The molecule has 13 nitrogen and oxygen atoms in total. The van der Waals surface area contributed by atoms with Crippen LogP contribution in [0.4, 0.5) is 5.82 Å². The Kier molecular flexibility index (Phi) is 12.1. The third kappa shape index (κ3) is 7.64. The molecule has 2 N–H and O–H groups in total. The van der Waals surface area contributed by atoms with Gasteiger partial charge in [-0.15, -0.1) is 0 Å². The highest BCUT2D eigenvalue weighted by Gasteiger charge is 2.50. The van der Waals surface area contributed by atoms with Gasteiger partial charge < -0.3 is 29.1 Å². The number of hydrogen-bond donors (Lipinski definition) is 1. The fourth-order valence-electron chi connectivity index (χ4n) is 8.42. The van der Waals surface area contributed by atoms with Gasteiger partial charge in [0, 0.05) is 11.3 Å². The van der Waals surface area contributed by atoms with Gasteiger partial charge in [0.1, 0.15) is 41.3 Å². The number of rotatable bonds is 16. The SMILES string of the molecule is COc1ccc(C(OC[C@H]2O[C@@H](n3cnc4c(N)ncnc43)C[C@@H]2O[Si](c2ccc(CN=[N+]=[N-])cc2)(C(C)C)C(C)C)(c2ccccc2)c2ccc(OC)cc2)cc1. The normalized spacial score (nSPS) is 17.1. The summed E-state index contributed by atoms with van der Waals surface area (Å²) >= 11 is 0. The van der Waals surface area contributed by atoms with E-state index in [4.69, 9.17) is 34.6 Å². The summed E-state index contributed by atoms with van der Waals surface area (Å²) in [6.45, 7) is 9.44. The number of nitrogen functional groups attached to an aromatic ring is 1. The number of fused-ring (bicyclic) bond motifs is 1. The van der Waals surface area contributed by atoms with Crippen LogP contribution in [-0.4, -0.2) is 60.9 Å². The Balaban J connectivity index is 1.34. The van der Waals surface area contributed by atoms with Crippen LogP contribution in [-0.2, 0) is 26.0 Å². The number of nitrogens with two attached hydrogens (primary N) is 1. The van der Waals surface area contributed by atoms with Gasteiger partial charge in [0.15, 0.2) is 11.5 Å². The second-order valence-electron chi connectivity index (χ2n) is 15.1. The van der Waals surface area contributed by atoms with Gasteiger partial charge in [0.2, 0.25) is 8.32 Å². The van der Waals surface area contributed by atoms with E-state index in [1.807, 2.05) is 83.4 Å². The van der Waals surface area contributed by atoms with Crippen molar-refractivity contribution in [2.45, 2.75) is 75.8 Å². The Labute approximate surface area is 339 Å². The number of benzene rings is 4.